The SMILES string of the molecule is c1cnn(CC2COCCN2)c1. The van der Waals surface area contributed by atoms with Crippen LogP contribution in [0.3, 0.4) is 0 Å². The first-order valence-electron chi connectivity index (χ1n) is 4.24. The summed E-state index contributed by atoms with van der Waals surface area (Å²) in [4.78, 5) is 0. The van der Waals surface area contributed by atoms with Crippen molar-refractivity contribution in [3.63, 3.8) is 0 Å². The Morgan fingerprint density at radius 3 is 3.33 bits per heavy atom. The summed E-state index contributed by atoms with van der Waals surface area (Å²) in [6.45, 7) is 3.47. The lowest BCUT2D eigenvalue weighted by Crippen LogP contribution is -2.43. The summed E-state index contributed by atoms with van der Waals surface area (Å²) in [5.41, 5.74) is 0. The first kappa shape index (κ1) is 7.76. The third-order valence-corrected chi connectivity index (χ3v) is 1.97. The van der Waals surface area contributed by atoms with Crippen LogP contribution in [-0.2, 0) is 11.3 Å². The highest BCUT2D eigenvalue weighted by Gasteiger charge is 2.12. The van der Waals surface area contributed by atoms with Crippen LogP contribution in [0.2, 0.25) is 0 Å². The zero-order chi connectivity index (χ0) is 8.23. The normalized spacial score (nSPS) is 24.2. The summed E-state index contributed by atoms with van der Waals surface area (Å²) in [7, 11) is 0. The average molecular weight is 167 g/mol. The van der Waals surface area contributed by atoms with Crippen LogP contribution in [-0.4, -0.2) is 35.6 Å². The van der Waals surface area contributed by atoms with Crippen LogP contribution < -0.4 is 5.32 Å². The Kier molecular flexibility index (Phi) is 2.39. The Labute approximate surface area is 71.5 Å². The molecule has 1 unspecified atom stereocenters. The third kappa shape index (κ3) is 1.84. The number of aromatic nitrogens is 2. The molecule has 1 aromatic rings. The monoisotopic (exact) mass is 167 g/mol. The Balaban J connectivity index is 1.86. The van der Waals surface area contributed by atoms with E-state index in [0.717, 1.165) is 26.3 Å². The van der Waals surface area contributed by atoms with Gasteiger partial charge in [-0.25, -0.2) is 0 Å². The molecule has 2 heterocycles. The van der Waals surface area contributed by atoms with E-state index in [-0.39, 0.29) is 0 Å². The largest absolute Gasteiger partial charge is 0.378 e. The van der Waals surface area contributed by atoms with E-state index < -0.39 is 0 Å². The number of hydrogen-bond acceptors (Lipinski definition) is 3. The van der Waals surface area contributed by atoms with Crippen LogP contribution in [0.1, 0.15) is 0 Å². The second-order valence-corrected chi connectivity index (χ2v) is 2.95. The van der Waals surface area contributed by atoms with Crippen molar-refractivity contribution < 1.29 is 4.74 Å². The minimum absolute atomic E-state index is 0.415. The van der Waals surface area contributed by atoms with Gasteiger partial charge in [-0.1, -0.05) is 0 Å². The van der Waals surface area contributed by atoms with E-state index in [1.807, 2.05) is 16.9 Å². The van der Waals surface area contributed by atoms with Crippen LogP contribution >= 0.6 is 0 Å². The molecular formula is C8H13N3O. The fourth-order valence-electron chi connectivity index (χ4n) is 1.37. The van der Waals surface area contributed by atoms with Gasteiger partial charge in [0.05, 0.1) is 25.8 Å². The van der Waals surface area contributed by atoms with E-state index in [0.29, 0.717) is 6.04 Å². The van der Waals surface area contributed by atoms with E-state index in [2.05, 4.69) is 10.4 Å². The maximum atomic E-state index is 5.33. The molecule has 1 aliphatic rings. The molecule has 0 amide bonds. The van der Waals surface area contributed by atoms with E-state index in [4.69, 9.17) is 4.74 Å². The lowest BCUT2D eigenvalue weighted by molar-refractivity contribution is 0.0702. The summed E-state index contributed by atoms with van der Waals surface area (Å²) in [5.74, 6) is 0. The van der Waals surface area contributed by atoms with Crippen LogP contribution in [0.15, 0.2) is 18.5 Å². The van der Waals surface area contributed by atoms with Gasteiger partial charge < -0.3 is 10.1 Å². The summed E-state index contributed by atoms with van der Waals surface area (Å²) in [5, 5.41) is 7.50. The van der Waals surface area contributed by atoms with Crippen molar-refractivity contribution in [1.82, 2.24) is 15.1 Å². The second-order valence-electron chi connectivity index (χ2n) is 2.95. The first-order valence-corrected chi connectivity index (χ1v) is 4.24. The number of hydrogen-bond donors (Lipinski definition) is 1. The molecule has 0 saturated carbocycles. The van der Waals surface area contributed by atoms with Gasteiger partial charge in [-0.3, -0.25) is 4.68 Å². The van der Waals surface area contributed by atoms with Gasteiger partial charge in [0.25, 0.3) is 0 Å². The Hall–Kier alpha value is -0.870. The number of ether oxygens (including phenoxy) is 1. The summed E-state index contributed by atoms with van der Waals surface area (Å²) < 4.78 is 7.25. The smallest absolute Gasteiger partial charge is 0.0638 e. The van der Waals surface area contributed by atoms with Crippen molar-refractivity contribution in [2.75, 3.05) is 19.8 Å². The first-order chi connectivity index (χ1) is 5.95. The minimum Gasteiger partial charge on any atom is -0.378 e. The van der Waals surface area contributed by atoms with E-state index in [9.17, 15) is 0 Å². The number of morpholine rings is 1. The van der Waals surface area contributed by atoms with Gasteiger partial charge in [0, 0.05) is 18.9 Å². The fourth-order valence-corrected chi connectivity index (χ4v) is 1.37. The van der Waals surface area contributed by atoms with E-state index in [1.54, 1.807) is 6.20 Å². The molecule has 2 rings (SSSR count). The topological polar surface area (TPSA) is 39.1 Å². The predicted molar refractivity (Wildman–Crippen MR) is 44.8 cm³/mol. The molecule has 1 saturated heterocycles. The zero-order valence-corrected chi connectivity index (χ0v) is 6.94. The van der Waals surface area contributed by atoms with E-state index in [1.165, 1.54) is 0 Å². The lowest BCUT2D eigenvalue weighted by Gasteiger charge is -2.23. The molecule has 0 radical (unpaired) electrons. The highest BCUT2D eigenvalue weighted by molar-refractivity contribution is 4.80. The fraction of sp³-hybridized carbons (Fsp3) is 0.625. The van der Waals surface area contributed by atoms with Crippen molar-refractivity contribution in [2.45, 2.75) is 12.6 Å². The van der Waals surface area contributed by atoms with Crippen molar-refractivity contribution in [1.29, 1.82) is 0 Å². The van der Waals surface area contributed by atoms with Gasteiger partial charge in [-0.05, 0) is 6.07 Å². The van der Waals surface area contributed by atoms with Gasteiger partial charge in [0.15, 0.2) is 0 Å². The molecule has 0 spiro atoms. The predicted octanol–water partition coefficient (Wildman–Crippen LogP) is -0.129. The van der Waals surface area contributed by atoms with Crippen molar-refractivity contribution in [2.24, 2.45) is 0 Å². The molecule has 0 aliphatic carbocycles. The molecule has 4 nitrogen and oxygen atoms in total. The zero-order valence-electron chi connectivity index (χ0n) is 6.94. The van der Waals surface area contributed by atoms with Crippen molar-refractivity contribution in [3.8, 4) is 0 Å². The standard InChI is InChI=1S/C8H13N3O/c1-2-10-11(4-1)6-8-7-12-5-3-9-8/h1-2,4,8-9H,3,5-7H2. The Morgan fingerprint density at radius 1 is 1.67 bits per heavy atom. The molecule has 1 fully saturated rings. The van der Waals surface area contributed by atoms with Gasteiger partial charge >= 0.3 is 0 Å². The van der Waals surface area contributed by atoms with Crippen molar-refractivity contribution in [3.05, 3.63) is 18.5 Å². The molecule has 66 valence electrons. The summed E-state index contributed by atoms with van der Waals surface area (Å²) >= 11 is 0. The molecule has 4 heteroatoms. The molecule has 0 aromatic carbocycles. The third-order valence-electron chi connectivity index (χ3n) is 1.97. The summed E-state index contributed by atoms with van der Waals surface area (Å²) in [6, 6.07) is 2.35. The second kappa shape index (κ2) is 3.69. The van der Waals surface area contributed by atoms with Crippen LogP contribution in [0.5, 0.6) is 0 Å². The molecule has 1 aliphatic heterocycles. The van der Waals surface area contributed by atoms with Gasteiger partial charge in [-0.15, -0.1) is 0 Å². The highest BCUT2D eigenvalue weighted by atomic mass is 16.5. The molecule has 1 aromatic heterocycles. The van der Waals surface area contributed by atoms with Gasteiger partial charge in [-0.2, -0.15) is 5.10 Å². The number of nitrogens with zero attached hydrogens (tertiary/aromatic N) is 2. The Morgan fingerprint density at radius 2 is 2.67 bits per heavy atom. The molecule has 1 N–H and O–H groups in total. The van der Waals surface area contributed by atoms with Crippen LogP contribution in [0.25, 0.3) is 0 Å². The van der Waals surface area contributed by atoms with Crippen molar-refractivity contribution >= 4 is 0 Å². The van der Waals surface area contributed by atoms with Gasteiger partial charge in [0.2, 0.25) is 0 Å². The molecular weight excluding hydrogens is 154 g/mol. The quantitative estimate of drug-likeness (QED) is 0.667. The number of rotatable bonds is 2. The molecule has 1 atom stereocenters. The maximum Gasteiger partial charge on any atom is 0.0638 e. The van der Waals surface area contributed by atoms with Crippen LogP contribution in [0, 0.1) is 0 Å². The Bertz CT molecular complexity index is 216. The number of nitrogens with one attached hydrogen (secondary N) is 1. The minimum atomic E-state index is 0.415. The average Bonchev–Trinajstić information content (AvgIpc) is 2.59. The highest BCUT2D eigenvalue weighted by Crippen LogP contribution is 1.96. The molecule has 0 bridgehead atoms. The maximum absolute atomic E-state index is 5.33. The molecule has 12 heavy (non-hydrogen) atoms. The van der Waals surface area contributed by atoms with Gasteiger partial charge in [0.1, 0.15) is 0 Å². The van der Waals surface area contributed by atoms with Crippen LogP contribution in [0.4, 0.5) is 0 Å². The lowest BCUT2D eigenvalue weighted by atomic mass is 10.3. The summed E-state index contributed by atoms with van der Waals surface area (Å²) in [6.07, 6.45) is 3.76. The van der Waals surface area contributed by atoms with E-state index >= 15 is 0 Å².